The first-order valence-electron chi connectivity index (χ1n) is 7.65. The molecule has 3 rings (SSSR count). The minimum atomic E-state index is -0.656. The molecular formula is C18H17N3O3S. The molecule has 128 valence electrons. The summed E-state index contributed by atoms with van der Waals surface area (Å²) >= 11 is 1.26. The van der Waals surface area contributed by atoms with Crippen LogP contribution in [0.1, 0.15) is 15.2 Å². The zero-order valence-corrected chi connectivity index (χ0v) is 14.0. The van der Waals surface area contributed by atoms with Crippen LogP contribution in [-0.2, 0) is 11.2 Å². The van der Waals surface area contributed by atoms with Gasteiger partial charge in [-0.2, -0.15) is 0 Å². The number of benzene rings is 2. The van der Waals surface area contributed by atoms with E-state index in [9.17, 15) is 9.59 Å². The summed E-state index contributed by atoms with van der Waals surface area (Å²) in [6, 6.07) is 15.9. The Hall–Kier alpha value is -2.74. The Kier molecular flexibility index (Phi) is 5.08. The van der Waals surface area contributed by atoms with Crippen LogP contribution in [0.2, 0.25) is 0 Å². The number of carbonyl (C=O) groups excluding carboxylic acids is 2. The van der Waals surface area contributed by atoms with Gasteiger partial charge in [0, 0.05) is 10.4 Å². The van der Waals surface area contributed by atoms with E-state index in [1.54, 1.807) is 23.7 Å². The molecule has 2 aromatic carbocycles. The number of hydrogen-bond donors (Lipinski definition) is 4. The molecule has 0 spiro atoms. The second kappa shape index (κ2) is 7.43. The smallest absolute Gasteiger partial charge is 0.284 e. The van der Waals surface area contributed by atoms with Crippen molar-refractivity contribution in [2.75, 3.05) is 5.32 Å². The molecule has 0 radical (unpaired) electrons. The normalized spacial score (nSPS) is 11.9. The van der Waals surface area contributed by atoms with E-state index in [1.165, 1.54) is 11.3 Å². The van der Waals surface area contributed by atoms with Crippen molar-refractivity contribution >= 4 is 38.9 Å². The molecular weight excluding hydrogens is 338 g/mol. The van der Waals surface area contributed by atoms with Crippen LogP contribution in [-0.4, -0.2) is 23.1 Å². The highest BCUT2D eigenvalue weighted by Gasteiger charge is 2.15. The van der Waals surface area contributed by atoms with Gasteiger partial charge in [-0.05, 0) is 41.6 Å². The van der Waals surface area contributed by atoms with Gasteiger partial charge in [0.1, 0.15) is 0 Å². The Balaban J connectivity index is 1.71. The van der Waals surface area contributed by atoms with Crippen LogP contribution in [0.15, 0.2) is 54.6 Å². The van der Waals surface area contributed by atoms with E-state index < -0.39 is 11.9 Å². The highest BCUT2D eigenvalue weighted by molar-refractivity contribution is 7.20. The van der Waals surface area contributed by atoms with Gasteiger partial charge in [0.05, 0.1) is 10.9 Å². The Morgan fingerprint density at radius 1 is 1.12 bits per heavy atom. The quantitative estimate of drug-likeness (QED) is 0.417. The molecule has 0 bridgehead atoms. The maximum atomic E-state index is 12.3. The van der Waals surface area contributed by atoms with Crippen molar-refractivity contribution < 1.29 is 14.8 Å². The number of fused-ring (bicyclic) bond motifs is 1. The first-order valence-corrected chi connectivity index (χ1v) is 8.47. The molecule has 0 aliphatic rings. The molecule has 0 saturated heterocycles. The van der Waals surface area contributed by atoms with Crippen molar-refractivity contribution in [3.63, 3.8) is 0 Å². The molecule has 3 aromatic rings. The first-order chi connectivity index (χ1) is 12.1. The topological polar surface area (TPSA) is 104 Å². The number of nitrogens with one attached hydrogen (secondary N) is 2. The second-order valence-corrected chi connectivity index (χ2v) is 6.67. The highest BCUT2D eigenvalue weighted by atomic mass is 32.1. The molecule has 5 N–H and O–H groups in total. The maximum Gasteiger partial charge on any atom is 0.284 e. The Morgan fingerprint density at radius 2 is 1.88 bits per heavy atom. The Morgan fingerprint density at radius 3 is 2.60 bits per heavy atom. The lowest BCUT2D eigenvalue weighted by Gasteiger charge is -2.12. The minimum Gasteiger partial charge on any atom is -0.325 e. The van der Waals surface area contributed by atoms with Crippen LogP contribution in [0.25, 0.3) is 10.1 Å². The lowest BCUT2D eigenvalue weighted by Crippen LogP contribution is -2.37. The van der Waals surface area contributed by atoms with Crippen LogP contribution >= 0.6 is 11.3 Å². The van der Waals surface area contributed by atoms with Gasteiger partial charge in [-0.25, -0.2) is 5.48 Å². The van der Waals surface area contributed by atoms with Crippen molar-refractivity contribution in [2.24, 2.45) is 5.73 Å². The number of nitrogens with two attached hydrogens (primary N) is 1. The number of thiophene rings is 1. The fraction of sp³-hybridized carbons (Fsp3) is 0.111. The standard InChI is InChI=1S/C18H17N3O3S/c19-14(8-11-4-2-1-3-5-11)17(22)20-13-6-7-15-12(9-13)10-16(25-15)18(23)21-24/h1-7,9-10,14,24H,8,19H2,(H,20,22)(H,21,23). The average molecular weight is 355 g/mol. The molecule has 6 nitrogen and oxygen atoms in total. The average Bonchev–Trinajstić information content (AvgIpc) is 3.05. The molecule has 25 heavy (non-hydrogen) atoms. The van der Waals surface area contributed by atoms with Gasteiger partial charge in [0.15, 0.2) is 0 Å². The van der Waals surface area contributed by atoms with Crippen molar-refractivity contribution in [1.82, 2.24) is 5.48 Å². The van der Waals surface area contributed by atoms with Gasteiger partial charge in [-0.15, -0.1) is 11.3 Å². The first kappa shape index (κ1) is 17.1. The SMILES string of the molecule is NC(Cc1ccccc1)C(=O)Nc1ccc2sc(C(=O)NO)cc2c1. The Labute approximate surface area is 148 Å². The van der Waals surface area contributed by atoms with Gasteiger partial charge >= 0.3 is 0 Å². The summed E-state index contributed by atoms with van der Waals surface area (Å²) in [6.07, 6.45) is 0.453. The number of hydrogen-bond acceptors (Lipinski definition) is 5. The van der Waals surface area contributed by atoms with E-state index in [1.807, 2.05) is 36.4 Å². The third kappa shape index (κ3) is 4.03. The summed E-state index contributed by atoms with van der Waals surface area (Å²) in [7, 11) is 0. The van der Waals surface area contributed by atoms with Crippen molar-refractivity contribution in [3.8, 4) is 0 Å². The van der Waals surface area contributed by atoms with E-state index in [0.717, 1.165) is 15.6 Å². The number of carbonyl (C=O) groups is 2. The zero-order valence-electron chi connectivity index (χ0n) is 13.2. The molecule has 1 heterocycles. The van der Waals surface area contributed by atoms with Crippen molar-refractivity contribution in [2.45, 2.75) is 12.5 Å². The largest absolute Gasteiger partial charge is 0.325 e. The van der Waals surface area contributed by atoms with E-state index in [2.05, 4.69) is 5.32 Å². The third-order valence-electron chi connectivity index (χ3n) is 3.74. The molecule has 7 heteroatoms. The number of hydroxylamine groups is 1. The fourth-order valence-corrected chi connectivity index (χ4v) is 3.42. The molecule has 0 fully saturated rings. The van der Waals surface area contributed by atoms with Crippen LogP contribution in [0.5, 0.6) is 0 Å². The van der Waals surface area contributed by atoms with E-state index in [4.69, 9.17) is 10.9 Å². The summed E-state index contributed by atoms with van der Waals surface area (Å²) in [4.78, 5) is 24.1. The highest BCUT2D eigenvalue weighted by Crippen LogP contribution is 2.28. The van der Waals surface area contributed by atoms with Gasteiger partial charge < -0.3 is 11.1 Å². The van der Waals surface area contributed by atoms with Crippen molar-refractivity contribution in [1.29, 1.82) is 0 Å². The van der Waals surface area contributed by atoms with E-state index in [0.29, 0.717) is 17.0 Å². The number of anilines is 1. The Bertz CT molecular complexity index is 908. The molecule has 1 unspecified atom stereocenters. The summed E-state index contributed by atoms with van der Waals surface area (Å²) in [5.41, 5.74) is 9.20. The summed E-state index contributed by atoms with van der Waals surface area (Å²) in [5.74, 6) is -0.830. The lowest BCUT2D eigenvalue weighted by molar-refractivity contribution is -0.117. The predicted molar refractivity (Wildman–Crippen MR) is 97.8 cm³/mol. The maximum absolute atomic E-state index is 12.3. The van der Waals surface area contributed by atoms with Gasteiger partial charge in [0.2, 0.25) is 5.91 Å². The molecule has 0 saturated carbocycles. The third-order valence-corrected chi connectivity index (χ3v) is 4.86. The molecule has 2 amide bonds. The summed E-state index contributed by atoms with van der Waals surface area (Å²) in [6.45, 7) is 0. The molecule has 1 aromatic heterocycles. The lowest BCUT2D eigenvalue weighted by atomic mass is 10.1. The van der Waals surface area contributed by atoms with Crippen LogP contribution in [0.3, 0.4) is 0 Å². The second-order valence-electron chi connectivity index (χ2n) is 5.59. The number of rotatable bonds is 5. The van der Waals surface area contributed by atoms with Crippen LogP contribution in [0, 0.1) is 0 Å². The van der Waals surface area contributed by atoms with E-state index >= 15 is 0 Å². The molecule has 0 aliphatic carbocycles. The van der Waals surface area contributed by atoms with Crippen LogP contribution in [0.4, 0.5) is 5.69 Å². The number of amides is 2. The summed E-state index contributed by atoms with van der Waals surface area (Å²) in [5, 5.41) is 12.3. The molecule has 1 atom stereocenters. The van der Waals surface area contributed by atoms with Crippen molar-refractivity contribution in [3.05, 3.63) is 65.0 Å². The zero-order chi connectivity index (χ0) is 17.8. The minimum absolute atomic E-state index is 0.272. The van der Waals surface area contributed by atoms with Gasteiger partial charge in [0.25, 0.3) is 5.91 Å². The van der Waals surface area contributed by atoms with E-state index in [-0.39, 0.29) is 5.91 Å². The molecule has 0 aliphatic heterocycles. The predicted octanol–water partition coefficient (Wildman–Crippen LogP) is 2.53. The van der Waals surface area contributed by atoms with Gasteiger partial charge in [-0.3, -0.25) is 14.8 Å². The fourth-order valence-electron chi connectivity index (χ4n) is 2.48. The monoisotopic (exact) mass is 355 g/mol. The van der Waals surface area contributed by atoms with Crippen LogP contribution < -0.4 is 16.5 Å². The van der Waals surface area contributed by atoms with Gasteiger partial charge in [-0.1, -0.05) is 30.3 Å². The summed E-state index contributed by atoms with van der Waals surface area (Å²) < 4.78 is 0.880.